The van der Waals surface area contributed by atoms with Crippen LogP contribution in [0.3, 0.4) is 0 Å². The predicted molar refractivity (Wildman–Crippen MR) is 67.3 cm³/mol. The zero-order valence-corrected chi connectivity index (χ0v) is 10.2. The highest BCUT2D eigenvalue weighted by atomic mass is 79.9. The number of anilines is 1. The molecule has 6 heteroatoms. The van der Waals surface area contributed by atoms with Crippen LogP contribution in [-0.2, 0) is 0 Å². The van der Waals surface area contributed by atoms with Crippen molar-refractivity contribution >= 4 is 28.1 Å². The van der Waals surface area contributed by atoms with Crippen molar-refractivity contribution in [3.63, 3.8) is 0 Å². The second-order valence-corrected chi connectivity index (χ2v) is 4.06. The first-order valence-electron chi connectivity index (χ1n) is 4.76. The number of hydrogen-bond acceptors (Lipinski definition) is 4. The summed E-state index contributed by atoms with van der Waals surface area (Å²) in [6, 6.07) is 6.00. The summed E-state index contributed by atoms with van der Waals surface area (Å²) in [5.74, 6) is 0.123. The van der Waals surface area contributed by atoms with Crippen molar-refractivity contribution in [2.45, 2.75) is 0 Å². The summed E-state index contributed by atoms with van der Waals surface area (Å²) < 4.78 is 13.4. The van der Waals surface area contributed by atoms with Gasteiger partial charge in [0.15, 0.2) is 0 Å². The number of rotatable bonds is 3. The van der Waals surface area contributed by atoms with Crippen LogP contribution < -0.4 is 5.43 Å². The van der Waals surface area contributed by atoms with Gasteiger partial charge >= 0.3 is 0 Å². The van der Waals surface area contributed by atoms with E-state index >= 15 is 0 Å². The molecule has 0 bridgehead atoms. The second-order valence-electron chi connectivity index (χ2n) is 3.15. The molecule has 0 aliphatic heterocycles. The van der Waals surface area contributed by atoms with Crippen molar-refractivity contribution in [3.8, 4) is 0 Å². The molecule has 2 rings (SSSR count). The molecule has 0 radical (unpaired) electrons. The standard InChI is InChI=1S/C11H8BrFN4/c12-9-6-14-11(15-7-9)17-16-5-8-1-3-10(13)4-2-8/h1-7H,(H,14,15,17)/b16-5+. The lowest BCUT2D eigenvalue weighted by Crippen LogP contribution is -1.95. The van der Waals surface area contributed by atoms with Crippen LogP contribution in [0.15, 0.2) is 46.2 Å². The average molecular weight is 295 g/mol. The smallest absolute Gasteiger partial charge is 0.243 e. The molecule has 17 heavy (non-hydrogen) atoms. The molecule has 1 aromatic carbocycles. The van der Waals surface area contributed by atoms with Gasteiger partial charge in [0.25, 0.3) is 0 Å². The van der Waals surface area contributed by atoms with Gasteiger partial charge in [-0.05, 0) is 33.6 Å². The number of hydrazone groups is 1. The molecule has 1 heterocycles. The highest BCUT2D eigenvalue weighted by Gasteiger charge is 1.93. The third kappa shape index (κ3) is 3.60. The van der Waals surface area contributed by atoms with Gasteiger partial charge in [0.05, 0.1) is 10.7 Å². The highest BCUT2D eigenvalue weighted by Crippen LogP contribution is 2.06. The van der Waals surface area contributed by atoms with Gasteiger partial charge in [-0.15, -0.1) is 0 Å². The van der Waals surface area contributed by atoms with Gasteiger partial charge < -0.3 is 0 Å². The zero-order chi connectivity index (χ0) is 12.1. The van der Waals surface area contributed by atoms with Crippen LogP contribution in [-0.4, -0.2) is 16.2 Å². The van der Waals surface area contributed by atoms with E-state index in [1.807, 2.05) is 0 Å². The molecule has 0 amide bonds. The molecule has 0 aliphatic rings. The Morgan fingerprint density at radius 3 is 2.47 bits per heavy atom. The molecule has 1 aromatic heterocycles. The van der Waals surface area contributed by atoms with Crippen molar-refractivity contribution in [1.29, 1.82) is 0 Å². The Labute approximate surface area is 106 Å². The first-order valence-corrected chi connectivity index (χ1v) is 5.55. The number of nitrogens with zero attached hydrogens (tertiary/aromatic N) is 3. The Morgan fingerprint density at radius 1 is 1.18 bits per heavy atom. The molecule has 0 fully saturated rings. The molecule has 86 valence electrons. The molecule has 0 aliphatic carbocycles. The first kappa shape index (κ1) is 11.7. The number of hydrogen-bond donors (Lipinski definition) is 1. The quantitative estimate of drug-likeness (QED) is 0.699. The largest absolute Gasteiger partial charge is 0.245 e. The van der Waals surface area contributed by atoms with E-state index in [1.54, 1.807) is 30.7 Å². The molecule has 0 spiro atoms. The first-order chi connectivity index (χ1) is 8.24. The van der Waals surface area contributed by atoms with E-state index in [0.29, 0.717) is 5.95 Å². The number of benzene rings is 1. The number of halogens is 2. The summed E-state index contributed by atoms with van der Waals surface area (Å²) in [7, 11) is 0. The van der Waals surface area contributed by atoms with E-state index in [-0.39, 0.29) is 5.82 Å². The van der Waals surface area contributed by atoms with E-state index in [9.17, 15) is 4.39 Å². The van der Waals surface area contributed by atoms with Gasteiger partial charge in [-0.3, -0.25) is 0 Å². The molecule has 0 saturated heterocycles. The maximum Gasteiger partial charge on any atom is 0.243 e. The fraction of sp³-hybridized carbons (Fsp3) is 0. The maximum absolute atomic E-state index is 12.6. The lowest BCUT2D eigenvalue weighted by atomic mass is 10.2. The molecule has 4 nitrogen and oxygen atoms in total. The monoisotopic (exact) mass is 294 g/mol. The molecule has 0 unspecified atom stereocenters. The topological polar surface area (TPSA) is 50.2 Å². The SMILES string of the molecule is Fc1ccc(/C=N/Nc2ncc(Br)cn2)cc1. The second kappa shape index (κ2) is 5.49. The zero-order valence-electron chi connectivity index (χ0n) is 8.64. The lowest BCUT2D eigenvalue weighted by molar-refractivity contribution is 0.628. The van der Waals surface area contributed by atoms with E-state index in [2.05, 4.69) is 36.4 Å². The fourth-order valence-electron chi connectivity index (χ4n) is 1.08. The van der Waals surface area contributed by atoms with Gasteiger partial charge in [-0.2, -0.15) is 5.10 Å². The molecular weight excluding hydrogens is 287 g/mol. The van der Waals surface area contributed by atoms with Crippen LogP contribution in [0.1, 0.15) is 5.56 Å². The lowest BCUT2D eigenvalue weighted by Gasteiger charge is -1.97. The Hall–Kier alpha value is -1.82. The summed E-state index contributed by atoms with van der Waals surface area (Å²) in [5, 5.41) is 3.93. The number of aromatic nitrogens is 2. The molecule has 1 N–H and O–H groups in total. The Balaban J connectivity index is 1.97. The highest BCUT2D eigenvalue weighted by molar-refractivity contribution is 9.10. The Bertz CT molecular complexity index is 510. The van der Waals surface area contributed by atoms with Gasteiger partial charge in [0.2, 0.25) is 5.95 Å². The third-order valence-electron chi connectivity index (χ3n) is 1.87. The van der Waals surface area contributed by atoms with Crippen molar-refractivity contribution < 1.29 is 4.39 Å². The van der Waals surface area contributed by atoms with Crippen molar-refractivity contribution in [2.75, 3.05) is 5.43 Å². The average Bonchev–Trinajstić information content (AvgIpc) is 2.34. The van der Waals surface area contributed by atoms with Crippen LogP contribution >= 0.6 is 15.9 Å². The molecular formula is C11H8BrFN4. The van der Waals surface area contributed by atoms with Gasteiger partial charge in [-0.25, -0.2) is 19.8 Å². The summed E-state index contributed by atoms with van der Waals surface area (Å²) >= 11 is 3.23. The van der Waals surface area contributed by atoms with Crippen molar-refractivity contribution in [1.82, 2.24) is 9.97 Å². The van der Waals surface area contributed by atoms with Gasteiger partial charge in [0, 0.05) is 12.4 Å². The van der Waals surface area contributed by atoms with Crippen LogP contribution in [0, 0.1) is 5.82 Å². The minimum atomic E-state index is -0.272. The molecule has 0 atom stereocenters. The van der Waals surface area contributed by atoms with Crippen molar-refractivity contribution in [3.05, 3.63) is 52.5 Å². The van der Waals surface area contributed by atoms with E-state index in [0.717, 1.165) is 10.0 Å². The van der Waals surface area contributed by atoms with Crippen LogP contribution in [0.4, 0.5) is 10.3 Å². The third-order valence-corrected chi connectivity index (χ3v) is 2.28. The van der Waals surface area contributed by atoms with E-state index in [1.165, 1.54) is 12.1 Å². The number of nitrogens with one attached hydrogen (secondary N) is 1. The summed E-state index contributed by atoms with van der Waals surface area (Å²) in [6.45, 7) is 0. The van der Waals surface area contributed by atoms with E-state index < -0.39 is 0 Å². The van der Waals surface area contributed by atoms with E-state index in [4.69, 9.17) is 0 Å². The summed E-state index contributed by atoms with van der Waals surface area (Å²) in [4.78, 5) is 7.96. The predicted octanol–water partition coefficient (Wildman–Crippen LogP) is 2.82. The Kier molecular flexibility index (Phi) is 3.77. The molecule has 0 saturated carbocycles. The minimum absolute atomic E-state index is 0.272. The summed E-state index contributed by atoms with van der Waals surface area (Å²) in [6.07, 6.45) is 4.79. The van der Waals surface area contributed by atoms with Gasteiger partial charge in [-0.1, -0.05) is 12.1 Å². The van der Waals surface area contributed by atoms with Crippen LogP contribution in [0.25, 0.3) is 0 Å². The van der Waals surface area contributed by atoms with Crippen molar-refractivity contribution in [2.24, 2.45) is 5.10 Å². The minimum Gasteiger partial charge on any atom is -0.245 e. The fourth-order valence-corrected chi connectivity index (χ4v) is 1.29. The normalized spacial score (nSPS) is 10.7. The Morgan fingerprint density at radius 2 is 1.82 bits per heavy atom. The maximum atomic E-state index is 12.6. The summed E-state index contributed by atoms with van der Waals surface area (Å²) in [5.41, 5.74) is 3.46. The van der Waals surface area contributed by atoms with Crippen LogP contribution in [0.2, 0.25) is 0 Å². The molecule has 2 aromatic rings. The van der Waals surface area contributed by atoms with Gasteiger partial charge in [0.1, 0.15) is 5.82 Å². The van der Waals surface area contributed by atoms with Crippen LogP contribution in [0.5, 0.6) is 0 Å².